The van der Waals surface area contributed by atoms with Gasteiger partial charge in [0.25, 0.3) is 17.7 Å². The van der Waals surface area contributed by atoms with Crippen LogP contribution in [0.4, 0.5) is 0 Å². The highest BCUT2D eigenvalue weighted by atomic mass is 16.2. The third-order valence-corrected chi connectivity index (χ3v) is 4.42. The number of ketones is 1. The van der Waals surface area contributed by atoms with Crippen molar-refractivity contribution in [3.05, 3.63) is 58.9 Å². The zero-order valence-corrected chi connectivity index (χ0v) is 15.3. The molecule has 27 heavy (non-hydrogen) atoms. The van der Waals surface area contributed by atoms with Crippen LogP contribution in [0.5, 0.6) is 0 Å². The van der Waals surface area contributed by atoms with E-state index in [1.54, 1.807) is 43.3 Å². The van der Waals surface area contributed by atoms with Crippen LogP contribution in [0.25, 0.3) is 0 Å². The van der Waals surface area contributed by atoms with Crippen molar-refractivity contribution < 1.29 is 19.2 Å². The number of hydrogen-bond donors (Lipinski definition) is 2. The zero-order valence-electron chi connectivity index (χ0n) is 15.3. The van der Waals surface area contributed by atoms with E-state index in [0.29, 0.717) is 11.1 Å². The van der Waals surface area contributed by atoms with Crippen LogP contribution in [0.1, 0.15) is 41.6 Å². The summed E-state index contributed by atoms with van der Waals surface area (Å²) in [5.74, 6) is -1.75. The maximum atomic E-state index is 13.1. The summed E-state index contributed by atoms with van der Waals surface area (Å²) in [7, 11) is 5.00. The minimum absolute atomic E-state index is 0.171. The number of rotatable bonds is 6. The van der Waals surface area contributed by atoms with Crippen molar-refractivity contribution in [2.24, 2.45) is 0 Å². The predicted molar refractivity (Wildman–Crippen MR) is 97.8 cm³/mol. The molecule has 0 saturated heterocycles. The van der Waals surface area contributed by atoms with E-state index in [-0.39, 0.29) is 23.7 Å². The quantitative estimate of drug-likeness (QED) is 0.580. The van der Waals surface area contributed by atoms with E-state index in [2.05, 4.69) is 10.3 Å². The molecule has 140 valence electrons. The molecule has 1 aliphatic rings. The lowest BCUT2D eigenvalue weighted by molar-refractivity contribution is 0.0515. The van der Waals surface area contributed by atoms with Gasteiger partial charge in [0.15, 0.2) is 5.78 Å². The molecule has 0 bridgehead atoms. The monoisotopic (exact) mass is 368 g/mol. The van der Waals surface area contributed by atoms with Gasteiger partial charge in [-0.3, -0.25) is 24.1 Å². The Kier molecular flexibility index (Phi) is 4.91. The fourth-order valence-electron chi connectivity index (χ4n) is 3.11. The lowest BCUT2D eigenvalue weighted by Gasteiger charge is -2.27. The van der Waals surface area contributed by atoms with Crippen molar-refractivity contribution in [1.29, 1.82) is 0 Å². The van der Waals surface area contributed by atoms with Crippen molar-refractivity contribution in [2.45, 2.75) is 6.04 Å². The minimum atomic E-state index is -0.999. The smallest absolute Gasteiger partial charge is 0.267 e. The molecule has 2 heterocycles. The third-order valence-electron chi connectivity index (χ3n) is 4.42. The number of aromatic amines is 1. The normalized spacial score (nSPS) is 14.4. The van der Waals surface area contributed by atoms with E-state index in [0.717, 1.165) is 4.90 Å². The third kappa shape index (κ3) is 3.26. The SMILES string of the molecule is CNC(=O)c1cc(C(=O)C(CN(C)C)N2C(=O)c3ccccc3C2=O)c[nH]1. The van der Waals surface area contributed by atoms with Crippen molar-refractivity contribution in [2.75, 3.05) is 27.7 Å². The van der Waals surface area contributed by atoms with Gasteiger partial charge in [0.1, 0.15) is 11.7 Å². The molecule has 0 spiro atoms. The number of H-pyrrole nitrogens is 1. The van der Waals surface area contributed by atoms with Crippen molar-refractivity contribution >= 4 is 23.5 Å². The Balaban J connectivity index is 1.96. The highest BCUT2D eigenvalue weighted by Crippen LogP contribution is 2.26. The number of carbonyl (C=O) groups excluding carboxylic acids is 4. The highest BCUT2D eigenvalue weighted by molar-refractivity contribution is 6.23. The van der Waals surface area contributed by atoms with Gasteiger partial charge in [-0.1, -0.05) is 12.1 Å². The topological polar surface area (TPSA) is 103 Å². The Hall–Kier alpha value is -3.26. The number of amides is 3. The molecular weight excluding hydrogens is 348 g/mol. The predicted octanol–water partition coefficient (Wildman–Crippen LogP) is 0.783. The Morgan fingerprint density at radius 3 is 2.26 bits per heavy atom. The molecule has 1 aromatic carbocycles. The summed E-state index contributed by atoms with van der Waals surface area (Å²) in [5, 5.41) is 2.47. The number of nitrogens with zero attached hydrogens (tertiary/aromatic N) is 2. The first-order valence-corrected chi connectivity index (χ1v) is 8.41. The molecule has 0 fully saturated rings. The second-order valence-corrected chi connectivity index (χ2v) is 6.55. The van der Waals surface area contributed by atoms with Gasteiger partial charge in [-0.2, -0.15) is 0 Å². The Labute approximate surface area is 156 Å². The van der Waals surface area contributed by atoms with Gasteiger partial charge in [0, 0.05) is 25.4 Å². The van der Waals surface area contributed by atoms with Crippen LogP contribution < -0.4 is 5.32 Å². The fraction of sp³-hybridized carbons (Fsp3) is 0.263. The molecular formula is C19H20N4O4. The van der Waals surface area contributed by atoms with E-state index in [1.165, 1.54) is 19.3 Å². The minimum Gasteiger partial charge on any atom is -0.356 e. The van der Waals surface area contributed by atoms with Crippen LogP contribution in [0.3, 0.4) is 0 Å². The van der Waals surface area contributed by atoms with Gasteiger partial charge in [-0.05, 0) is 32.3 Å². The molecule has 2 aromatic rings. The Bertz CT molecular complexity index is 896. The number of carbonyl (C=O) groups is 4. The molecule has 8 heteroatoms. The number of fused-ring (bicyclic) bond motifs is 1. The zero-order chi connectivity index (χ0) is 19.7. The highest BCUT2D eigenvalue weighted by Gasteiger charge is 2.43. The van der Waals surface area contributed by atoms with E-state index in [4.69, 9.17) is 0 Å². The number of Topliss-reactive ketones (excluding diaryl/α,β-unsaturated/α-hetero) is 1. The summed E-state index contributed by atoms with van der Waals surface area (Å²) >= 11 is 0. The molecule has 1 unspecified atom stereocenters. The summed E-state index contributed by atoms with van der Waals surface area (Å²) in [4.78, 5) is 55.9. The summed E-state index contributed by atoms with van der Waals surface area (Å²) < 4.78 is 0. The summed E-state index contributed by atoms with van der Waals surface area (Å²) in [5.41, 5.74) is 1.04. The van der Waals surface area contributed by atoms with Gasteiger partial charge in [0.2, 0.25) is 0 Å². The average Bonchev–Trinajstić information content (AvgIpc) is 3.24. The van der Waals surface area contributed by atoms with Crippen molar-refractivity contribution in [1.82, 2.24) is 20.1 Å². The summed E-state index contributed by atoms with van der Waals surface area (Å²) in [6.45, 7) is 0.171. The van der Waals surface area contributed by atoms with E-state index in [9.17, 15) is 19.2 Å². The maximum absolute atomic E-state index is 13.1. The maximum Gasteiger partial charge on any atom is 0.267 e. The lowest BCUT2D eigenvalue weighted by Crippen LogP contribution is -2.50. The van der Waals surface area contributed by atoms with Gasteiger partial charge in [-0.15, -0.1) is 0 Å². The van der Waals surface area contributed by atoms with E-state index >= 15 is 0 Å². The van der Waals surface area contributed by atoms with Crippen LogP contribution in [-0.2, 0) is 0 Å². The van der Waals surface area contributed by atoms with Gasteiger partial charge < -0.3 is 15.2 Å². The van der Waals surface area contributed by atoms with Crippen LogP contribution in [0.2, 0.25) is 0 Å². The number of likely N-dealkylation sites (N-methyl/N-ethyl adjacent to an activating group) is 1. The molecule has 1 aliphatic heterocycles. The first kappa shape index (κ1) is 18.5. The lowest BCUT2D eigenvalue weighted by atomic mass is 10.0. The standard InChI is InChI=1S/C19H20N4O4/c1-20-17(25)14-8-11(9-21-14)16(24)15(10-22(2)3)23-18(26)12-6-4-5-7-13(12)19(23)27/h4-9,15,21H,10H2,1-3H3,(H,20,25). The molecule has 1 atom stereocenters. The van der Waals surface area contributed by atoms with Gasteiger partial charge in [-0.25, -0.2) is 0 Å². The molecule has 3 amide bonds. The molecule has 8 nitrogen and oxygen atoms in total. The Morgan fingerprint density at radius 1 is 1.15 bits per heavy atom. The molecule has 1 aromatic heterocycles. The van der Waals surface area contributed by atoms with Gasteiger partial charge >= 0.3 is 0 Å². The van der Waals surface area contributed by atoms with E-state index < -0.39 is 23.6 Å². The van der Waals surface area contributed by atoms with E-state index in [1.807, 2.05) is 0 Å². The molecule has 2 N–H and O–H groups in total. The van der Waals surface area contributed by atoms with Gasteiger partial charge in [0.05, 0.1) is 11.1 Å². The number of benzene rings is 1. The summed E-state index contributed by atoms with van der Waals surface area (Å²) in [6.07, 6.45) is 1.41. The molecule has 0 saturated carbocycles. The largest absolute Gasteiger partial charge is 0.356 e. The molecule has 0 radical (unpaired) electrons. The van der Waals surface area contributed by atoms with Crippen LogP contribution in [0.15, 0.2) is 36.5 Å². The number of imide groups is 1. The van der Waals surface area contributed by atoms with Crippen LogP contribution >= 0.6 is 0 Å². The summed E-state index contributed by atoms with van der Waals surface area (Å²) in [6, 6.07) is 6.93. The first-order valence-electron chi connectivity index (χ1n) is 8.41. The number of aromatic nitrogens is 1. The van der Waals surface area contributed by atoms with Crippen LogP contribution in [0, 0.1) is 0 Å². The van der Waals surface area contributed by atoms with Crippen LogP contribution in [-0.4, -0.2) is 72.0 Å². The average molecular weight is 368 g/mol. The van der Waals surface area contributed by atoms with Crippen molar-refractivity contribution in [3.8, 4) is 0 Å². The molecule has 0 aliphatic carbocycles. The number of nitrogens with one attached hydrogen (secondary N) is 2. The molecule has 3 rings (SSSR count). The first-order chi connectivity index (χ1) is 12.8. The second-order valence-electron chi connectivity index (χ2n) is 6.55. The van der Waals surface area contributed by atoms with Crippen molar-refractivity contribution in [3.63, 3.8) is 0 Å². The Morgan fingerprint density at radius 2 is 1.74 bits per heavy atom. The second kappa shape index (κ2) is 7.16. The number of hydrogen-bond acceptors (Lipinski definition) is 5. The fourth-order valence-corrected chi connectivity index (χ4v) is 3.11.